The van der Waals surface area contributed by atoms with Gasteiger partial charge in [-0.1, -0.05) is 44.2 Å². The lowest BCUT2D eigenvalue weighted by Gasteiger charge is -2.14. The van der Waals surface area contributed by atoms with Crippen LogP contribution >= 0.6 is 11.3 Å². The maximum absolute atomic E-state index is 13.0. The Labute approximate surface area is 177 Å². The molecule has 30 heavy (non-hydrogen) atoms. The molecular formula is C21H25N3O5S. The van der Waals surface area contributed by atoms with E-state index in [0.717, 1.165) is 15.2 Å². The van der Waals surface area contributed by atoms with Gasteiger partial charge < -0.3 is 4.74 Å². The van der Waals surface area contributed by atoms with Crippen molar-refractivity contribution in [3.05, 3.63) is 61.6 Å². The fourth-order valence-corrected chi connectivity index (χ4v) is 4.36. The van der Waals surface area contributed by atoms with Crippen LogP contribution < -0.4 is 16.0 Å². The number of benzene rings is 1. The molecule has 8 nitrogen and oxygen atoms in total. The van der Waals surface area contributed by atoms with Gasteiger partial charge in [0.1, 0.15) is 10.2 Å². The Bertz CT molecular complexity index is 1180. The first-order valence-corrected chi connectivity index (χ1v) is 10.3. The largest absolute Gasteiger partial charge is 0.439 e. The number of hydroxylamine groups is 2. The van der Waals surface area contributed by atoms with Crippen LogP contribution in [-0.4, -0.2) is 34.4 Å². The molecule has 3 aromatic rings. The summed E-state index contributed by atoms with van der Waals surface area (Å²) < 4.78 is 8.24. The van der Waals surface area contributed by atoms with Crippen molar-refractivity contribution in [2.45, 2.75) is 26.8 Å². The summed E-state index contributed by atoms with van der Waals surface area (Å²) >= 11 is 1.30. The number of hydrogen-bond acceptors (Lipinski definition) is 6. The fourth-order valence-electron chi connectivity index (χ4n) is 3.11. The van der Waals surface area contributed by atoms with E-state index in [1.54, 1.807) is 4.57 Å². The molecule has 2 heterocycles. The molecule has 0 N–H and O–H groups in total. The summed E-state index contributed by atoms with van der Waals surface area (Å²) in [6.07, 6.45) is -0.298. The van der Waals surface area contributed by atoms with E-state index in [4.69, 9.17) is 9.57 Å². The topological polar surface area (TPSA) is 82.8 Å². The lowest BCUT2D eigenvalue weighted by Crippen LogP contribution is -2.38. The van der Waals surface area contributed by atoms with Gasteiger partial charge in [-0.3, -0.25) is 18.8 Å². The van der Waals surface area contributed by atoms with Crippen molar-refractivity contribution in [2.75, 3.05) is 14.2 Å². The fraction of sp³-hybridized carbons (Fsp3) is 0.381. The molecule has 0 aliphatic heterocycles. The van der Waals surface area contributed by atoms with Gasteiger partial charge in [-0.05, 0) is 11.5 Å². The van der Waals surface area contributed by atoms with Crippen molar-refractivity contribution in [1.82, 2.24) is 14.2 Å². The summed E-state index contributed by atoms with van der Waals surface area (Å²) in [6.45, 7) is 4.44. The summed E-state index contributed by atoms with van der Waals surface area (Å²) in [4.78, 5) is 44.3. The van der Waals surface area contributed by atoms with Crippen molar-refractivity contribution in [3.8, 4) is 5.75 Å². The highest BCUT2D eigenvalue weighted by Gasteiger charge is 2.25. The maximum Gasteiger partial charge on any atom is 0.439 e. The minimum absolute atomic E-state index is 0.172. The van der Waals surface area contributed by atoms with Crippen molar-refractivity contribution in [3.63, 3.8) is 0 Å². The third-order valence-electron chi connectivity index (χ3n) is 4.67. The molecule has 0 unspecified atom stereocenters. The van der Waals surface area contributed by atoms with Crippen LogP contribution in [0.15, 0.2) is 39.9 Å². The third-order valence-corrected chi connectivity index (χ3v) is 5.87. The van der Waals surface area contributed by atoms with Crippen molar-refractivity contribution in [1.29, 1.82) is 0 Å². The first-order chi connectivity index (χ1) is 14.2. The number of hydrogen-bond donors (Lipinski definition) is 0. The zero-order chi connectivity index (χ0) is 22.0. The van der Waals surface area contributed by atoms with E-state index >= 15 is 0 Å². The number of ether oxygens (including phenoxy) is 1. The van der Waals surface area contributed by atoms with Crippen molar-refractivity contribution >= 4 is 27.6 Å². The standard InChI is InChI=1S/C21H25N3O5S/c1-13(2)12-24-19-16(18(25)22(3)20(24)26)17(29-21(27)23(4)28-5)15(30-19)11-14-9-7-6-8-10-14/h6-10,13H,11-12H2,1-5H3. The molecule has 0 bridgehead atoms. The molecule has 0 spiro atoms. The SMILES string of the molecule is CON(C)C(=O)Oc1c(Cc2ccccc2)sc2c1c(=O)n(C)c(=O)n2CC(C)C. The predicted octanol–water partition coefficient (Wildman–Crippen LogP) is 3.00. The summed E-state index contributed by atoms with van der Waals surface area (Å²) in [7, 11) is 4.19. The number of aromatic nitrogens is 2. The van der Waals surface area contributed by atoms with Gasteiger partial charge >= 0.3 is 11.8 Å². The average Bonchev–Trinajstić information content (AvgIpc) is 3.07. The number of thiophene rings is 1. The highest BCUT2D eigenvalue weighted by Crippen LogP contribution is 2.37. The molecule has 2 aromatic heterocycles. The Balaban J connectivity index is 2.28. The number of nitrogens with zero attached hydrogens (tertiary/aromatic N) is 3. The van der Waals surface area contributed by atoms with Crippen LogP contribution in [0, 0.1) is 5.92 Å². The second kappa shape index (κ2) is 8.85. The van der Waals surface area contributed by atoms with Crippen LogP contribution in [-0.2, 0) is 24.9 Å². The molecule has 0 saturated carbocycles. The van der Waals surface area contributed by atoms with Crippen LogP contribution in [0.2, 0.25) is 0 Å². The predicted molar refractivity (Wildman–Crippen MR) is 116 cm³/mol. The van der Waals surface area contributed by atoms with Gasteiger partial charge in [0.2, 0.25) is 0 Å². The van der Waals surface area contributed by atoms with Gasteiger partial charge in [-0.25, -0.2) is 9.59 Å². The summed E-state index contributed by atoms with van der Waals surface area (Å²) in [5.74, 6) is 0.361. The number of rotatable bonds is 6. The van der Waals surface area contributed by atoms with E-state index < -0.39 is 11.7 Å². The zero-order valence-corrected chi connectivity index (χ0v) is 18.5. The maximum atomic E-state index is 13.0. The first kappa shape index (κ1) is 21.8. The Morgan fingerprint density at radius 3 is 2.47 bits per heavy atom. The quantitative estimate of drug-likeness (QED) is 0.561. The number of amides is 1. The highest BCUT2D eigenvalue weighted by atomic mass is 32.1. The normalized spacial score (nSPS) is 11.3. The molecule has 1 amide bonds. The smallest absolute Gasteiger partial charge is 0.407 e. The molecule has 1 aromatic carbocycles. The van der Waals surface area contributed by atoms with Crippen LogP contribution in [0.3, 0.4) is 0 Å². The molecule has 0 saturated heterocycles. The van der Waals surface area contributed by atoms with Gasteiger partial charge in [-0.2, -0.15) is 5.06 Å². The molecule has 3 rings (SSSR count). The van der Waals surface area contributed by atoms with Gasteiger partial charge in [0, 0.05) is 27.1 Å². The van der Waals surface area contributed by atoms with E-state index in [1.165, 1.54) is 32.5 Å². The van der Waals surface area contributed by atoms with E-state index in [2.05, 4.69) is 0 Å². The Morgan fingerprint density at radius 1 is 1.20 bits per heavy atom. The van der Waals surface area contributed by atoms with Crippen LogP contribution in [0.25, 0.3) is 10.2 Å². The minimum Gasteiger partial charge on any atom is -0.407 e. The first-order valence-electron chi connectivity index (χ1n) is 9.53. The summed E-state index contributed by atoms with van der Waals surface area (Å²) in [5.41, 5.74) is 0.116. The second-order valence-electron chi connectivity index (χ2n) is 7.40. The van der Waals surface area contributed by atoms with E-state index in [0.29, 0.717) is 22.7 Å². The third kappa shape index (κ3) is 4.17. The van der Waals surface area contributed by atoms with Crippen LogP contribution in [0.1, 0.15) is 24.3 Å². The molecule has 9 heteroatoms. The zero-order valence-electron chi connectivity index (χ0n) is 17.7. The summed E-state index contributed by atoms with van der Waals surface area (Å²) in [6, 6.07) is 9.66. The molecule has 0 aliphatic rings. The van der Waals surface area contributed by atoms with Crippen LogP contribution in [0.5, 0.6) is 5.75 Å². The highest BCUT2D eigenvalue weighted by molar-refractivity contribution is 7.19. The molecular weight excluding hydrogens is 406 g/mol. The lowest BCUT2D eigenvalue weighted by atomic mass is 10.1. The molecule has 0 fully saturated rings. The molecule has 0 atom stereocenters. The average molecular weight is 432 g/mol. The number of fused-ring (bicyclic) bond motifs is 1. The Morgan fingerprint density at radius 2 is 1.87 bits per heavy atom. The second-order valence-corrected chi connectivity index (χ2v) is 8.48. The molecule has 0 aliphatic carbocycles. The van der Waals surface area contributed by atoms with Crippen molar-refractivity contribution < 1.29 is 14.4 Å². The Kier molecular flexibility index (Phi) is 6.42. The molecule has 0 radical (unpaired) electrons. The summed E-state index contributed by atoms with van der Waals surface area (Å²) in [5, 5.41) is 1.16. The van der Waals surface area contributed by atoms with Gasteiger partial charge in [0.25, 0.3) is 5.56 Å². The van der Waals surface area contributed by atoms with Gasteiger partial charge in [0.15, 0.2) is 5.75 Å². The Hall–Kier alpha value is -2.91. The van der Waals surface area contributed by atoms with E-state index in [-0.39, 0.29) is 22.7 Å². The van der Waals surface area contributed by atoms with Gasteiger partial charge in [0.05, 0.1) is 12.0 Å². The number of carbonyl (C=O) groups is 1. The minimum atomic E-state index is -0.754. The van der Waals surface area contributed by atoms with Crippen LogP contribution in [0.4, 0.5) is 4.79 Å². The lowest BCUT2D eigenvalue weighted by molar-refractivity contribution is -0.0789. The van der Waals surface area contributed by atoms with Gasteiger partial charge in [-0.15, -0.1) is 11.3 Å². The number of carbonyl (C=O) groups excluding carboxylic acids is 1. The molecule has 160 valence electrons. The van der Waals surface area contributed by atoms with Crippen molar-refractivity contribution in [2.24, 2.45) is 13.0 Å². The van der Waals surface area contributed by atoms with E-state index in [9.17, 15) is 14.4 Å². The van der Waals surface area contributed by atoms with E-state index in [1.807, 2.05) is 44.2 Å². The monoisotopic (exact) mass is 431 g/mol.